The molecule has 0 heterocycles. The Morgan fingerprint density at radius 3 is 2.29 bits per heavy atom. The van der Waals surface area contributed by atoms with Gasteiger partial charge < -0.3 is 4.74 Å². The highest BCUT2D eigenvalue weighted by molar-refractivity contribution is 8.04. The average molecular weight is 480 g/mol. The van der Waals surface area contributed by atoms with Gasteiger partial charge >= 0.3 is 6.85 Å². The quantitative estimate of drug-likeness (QED) is 0.199. The van der Waals surface area contributed by atoms with Gasteiger partial charge in [0.2, 0.25) is 0 Å². The normalized spacial score (nSPS) is 14.0. The minimum atomic E-state index is -0.672. The van der Waals surface area contributed by atoms with Crippen LogP contribution in [0.25, 0.3) is 0 Å². The number of nitrogens with one attached hydrogen (secondary N) is 1. The molecule has 0 aliphatic heterocycles. The highest BCUT2D eigenvalue weighted by atomic mass is 32.4. The van der Waals surface area contributed by atoms with Crippen molar-refractivity contribution in [3.05, 3.63) is 29.8 Å². The van der Waals surface area contributed by atoms with Crippen LogP contribution in [0.5, 0.6) is 5.75 Å². The maximum atomic E-state index is 6.38. The lowest BCUT2D eigenvalue weighted by molar-refractivity contribution is -0.106. The Morgan fingerprint density at radius 1 is 1.25 bits per heavy atom. The Morgan fingerprint density at radius 2 is 1.82 bits per heavy atom. The van der Waals surface area contributed by atoms with Crippen molar-refractivity contribution >= 4 is 53.0 Å². The fraction of sp³-hybridized carbons (Fsp3) is 0.588. The summed E-state index contributed by atoms with van der Waals surface area (Å²) >= 11 is 5.60. The number of rotatable bonds is 12. The summed E-state index contributed by atoms with van der Waals surface area (Å²) in [6.07, 6.45) is 4.56. The molecule has 0 aromatic heterocycles. The molecule has 0 aliphatic rings. The van der Waals surface area contributed by atoms with Crippen LogP contribution < -0.4 is 9.93 Å². The van der Waals surface area contributed by atoms with E-state index in [0.29, 0.717) is 5.66 Å². The number of hydrazine groups is 2. The van der Waals surface area contributed by atoms with Crippen molar-refractivity contribution < 1.29 is 4.74 Å². The molecule has 0 radical (unpaired) electrons. The highest BCUT2D eigenvalue weighted by Gasteiger charge is 2.36. The SMILES string of the molecule is CCC(C)[P+](=S)N(C)/N=C/c1ccc(OC(CC)(CC)N(P)N(P)NP)cc1. The summed E-state index contributed by atoms with van der Waals surface area (Å²) < 4.78 is 10.3. The molecule has 1 rings (SSSR count). The van der Waals surface area contributed by atoms with Crippen LogP contribution in [-0.2, 0) is 11.8 Å². The van der Waals surface area contributed by atoms with E-state index >= 15 is 0 Å². The van der Waals surface area contributed by atoms with Gasteiger partial charge in [0.05, 0.1) is 13.3 Å². The molecule has 1 N–H and O–H groups in total. The molecule has 0 saturated carbocycles. The van der Waals surface area contributed by atoms with Gasteiger partial charge in [-0.15, -0.1) is 9.88 Å². The molecule has 1 aromatic carbocycles. The van der Waals surface area contributed by atoms with E-state index in [1.165, 1.54) is 0 Å². The van der Waals surface area contributed by atoms with Crippen molar-refractivity contribution in [2.45, 2.75) is 58.3 Å². The molecular weight excluding hydrogens is 446 g/mol. The van der Waals surface area contributed by atoms with E-state index in [-0.39, 0.29) is 0 Å². The van der Waals surface area contributed by atoms with E-state index in [4.69, 9.17) is 16.5 Å². The summed E-state index contributed by atoms with van der Waals surface area (Å²) in [5.74, 6) is 0.814. The van der Waals surface area contributed by atoms with Crippen LogP contribution in [0.2, 0.25) is 0 Å². The highest BCUT2D eigenvalue weighted by Crippen LogP contribution is 2.34. The maximum absolute atomic E-state index is 6.38. The lowest BCUT2D eigenvalue weighted by atomic mass is 10.1. The van der Waals surface area contributed by atoms with Gasteiger partial charge in [0.15, 0.2) is 23.2 Å². The number of nitrogens with zero attached hydrogens (tertiary/aromatic N) is 4. The van der Waals surface area contributed by atoms with Gasteiger partial charge in [0, 0.05) is 0 Å². The minimum absolute atomic E-state index is 0.486. The van der Waals surface area contributed by atoms with Crippen LogP contribution in [0.4, 0.5) is 0 Å². The van der Waals surface area contributed by atoms with Gasteiger partial charge in [-0.25, -0.2) is 5.20 Å². The van der Waals surface area contributed by atoms with Crippen molar-refractivity contribution in [3.63, 3.8) is 0 Å². The third-order valence-electron chi connectivity index (χ3n) is 4.70. The zero-order valence-electron chi connectivity index (χ0n) is 17.4. The smallest absolute Gasteiger partial charge is 0.313 e. The van der Waals surface area contributed by atoms with E-state index in [9.17, 15) is 0 Å². The van der Waals surface area contributed by atoms with E-state index in [0.717, 1.165) is 30.6 Å². The van der Waals surface area contributed by atoms with Gasteiger partial charge in [-0.2, -0.15) is 9.67 Å². The molecule has 0 spiro atoms. The second-order valence-corrected chi connectivity index (χ2v) is 10.9. The van der Waals surface area contributed by atoms with Crippen LogP contribution in [-0.4, -0.2) is 39.1 Å². The summed E-state index contributed by atoms with van der Waals surface area (Å²) in [5.41, 5.74) is 1.02. The average Bonchev–Trinajstić information content (AvgIpc) is 2.74. The fourth-order valence-corrected chi connectivity index (χ4v) is 5.07. The van der Waals surface area contributed by atoms with Crippen molar-refractivity contribution in [1.82, 2.24) is 19.6 Å². The topological polar surface area (TPSA) is 43.3 Å². The molecular formula is C17H34N5OP4S+. The Balaban J connectivity index is 2.88. The fourth-order valence-electron chi connectivity index (χ4n) is 2.51. The molecule has 0 amide bonds. The Labute approximate surface area is 183 Å². The molecule has 11 heteroatoms. The summed E-state index contributed by atoms with van der Waals surface area (Å²) in [6.45, 7) is 7.90. The first-order valence-corrected chi connectivity index (χ1v) is 13.3. The van der Waals surface area contributed by atoms with Crippen LogP contribution in [0.15, 0.2) is 29.4 Å². The molecule has 158 valence electrons. The zero-order chi connectivity index (χ0) is 21.3. The lowest BCUT2D eigenvalue weighted by Crippen LogP contribution is -2.53. The number of benzene rings is 1. The first-order chi connectivity index (χ1) is 13.2. The number of ether oxygens (including phenoxy) is 1. The Hall–Kier alpha value is 0.180. The first kappa shape index (κ1) is 26.2. The maximum Gasteiger partial charge on any atom is 0.313 e. The van der Waals surface area contributed by atoms with E-state index < -0.39 is 12.6 Å². The standard InChI is InChI=1S/C17H34N5OP4S/c1-6-14(4)27(28)20(5)18-13-15-9-11-16(12-10-15)23-17(7-2,8-3)21(25)22(26)19-24/h9-14,19H,6-8,24-26H2,1-5H3/q+1/b18-13+. The van der Waals surface area contributed by atoms with Crippen LogP contribution in [0.3, 0.4) is 0 Å². The van der Waals surface area contributed by atoms with Crippen LogP contribution in [0, 0.1) is 0 Å². The number of hydrogen-bond donors (Lipinski definition) is 1. The van der Waals surface area contributed by atoms with Gasteiger partial charge in [-0.3, -0.25) is 0 Å². The molecule has 0 bridgehead atoms. The summed E-state index contributed by atoms with van der Waals surface area (Å²) in [4.78, 5) is 1.78. The zero-order valence-corrected chi connectivity index (χ0v) is 22.5. The molecule has 0 fully saturated rings. The monoisotopic (exact) mass is 480 g/mol. The van der Waals surface area contributed by atoms with Crippen LogP contribution >= 0.6 is 35.0 Å². The van der Waals surface area contributed by atoms with Crippen molar-refractivity contribution in [2.24, 2.45) is 5.10 Å². The third-order valence-corrected chi connectivity index (χ3v) is 10.2. The summed E-state index contributed by atoms with van der Waals surface area (Å²) in [7, 11) is 9.74. The van der Waals surface area contributed by atoms with Crippen molar-refractivity contribution in [3.8, 4) is 5.75 Å². The van der Waals surface area contributed by atoms with E-state index in [1.54, 1.807) is 4.89 Å². The largest absolute Gasteiger partial charge is 0.471 e. The summed E-state index contributed by atoms with van der Waals surface area (Å²) in [6, 6.07) is 7.98. The van der Waals surface area contributed by atoms with Gasteiger partial charge in [0.1, 0.15) is 5.75 Å². The molecule has 5 unspecified atom stereocenters. The van der Waals surface area contributed by atoms with E-state index in [2.05, 4.69) is 66.2 Å². The van der Waals surface area contributed by atoms with Gasteiger partial charge in [0.25, 0.3) is 0 Å². The second-order valence-electron chi connectivity index (χ2n) is 6.44. The number of hydrogen-bond acceptors (Lipinski definition) is 6. The van der Waals surface area contributed by atoms with E-state index in [1.807, 2.05) is 47.1 Å². The lowest BCUT2D eigenvalue weighted by Gasteiger charge is -2.43. The predicted molar refractivity (Wildman–Crippen MR) is 136 cm³/mol. The van der Waals surface area contributed by atoms with Crippen LogP contribution in [0.1, 0.15) is 52.5 Å². The van der Waals surface area contributed by atoms with Gasteiger partial charge in [-0.05, 0) is 74.8 Å². The molecule has 28 heavy (non-hydrogen) atoms. The number of hydrazone groups is 1. The molecule has 6 nitrogen and oxygen atoms in total. The molecule has 1 aromatic rings. The second kappa shape index (κ2) is 12.8. The molecule has 0 aliphatic carbocycles. The molecule has 0 saturated heterocycles. The minimum Gasteiger partial charge on any atom is -0.471 e. The third kappa shape index (κ3) is 7.15. The van der Waals surface area contributed by atoms with Crippen molar-refractivity contribution in [2.75, 3.05) is 7.05 Å². The first-order valence-electron chi connectivity index (χ1n) is 9.33. The Bertz CT molecular complexity index is 645. The van der Waals surface area contributed by atoms with Crippen molar-refractivity contribution in [1.29, 1.82) is 0 Å². The van der Waals surface area contributed by atoms with Gasteiger partial charge in [-0.1, -0.05) is 30.2 Å². The Kier molecular flexibility index (Phi) is 12.0. The summed E-state index contributed by atoms with van der Waals surface area (Å²) in [5, 5.41) is 7.51. The molecule has 5 atom stereocenters. The predicted octanol–water partition coefficient (Wildman–Crippen LogP) is 4.90.